The monoisotopic (exact) mass is 453 g/mol. The number of hydrogen-bond acceptors (Lipinski definition) is 5. The van der Waals surface area contributed by atoms with Crippen LogP contribution >= 0.6 is 0 Å². The topological polar surface area (TPSA) is 90.8 Å². The van der Waals surface area contributed by atoms with Crippen LogP contribution in [0, 0.1) is 19.3 Å². The van der Waals surface area contributed by atoms with Gasteiger partial charge < -0.3 is 16.0 Å². The normalized spacial score (nSPS) is 11.5. The summed E-state index contributed by atoms with van der Waals surface area (Å²) in [6, 6.07) is 12.1. The lowest BCUT2D eigenvalue weighted by atomic mass is 9.98. The van der Waals surface area contributed by atoms with Gasteiger partial charge in [0.1, 0.15) is 5.82 Å². The zero-order chi connectivity index (χ0) is 24.2. The van der Waals surface area contributed by atoms with Gasteiger partial charge in [-0.2, -0.15) is 13.2 Å². The van der Waals surface area contributed by atoms with Gasteiger partial charge in [0, 0.05) is 23.7 Å². The molecule has 3 aromatic rings. The minimum Gasteiger partial charge on any atom is -0.394 e. The van der Waals surface area contributed by atoms with Gasteiger partial charge in [-0.1, -0.05) is 30.3 Å². The average Bonchev–Trinajstić information content (AvgIpc) is 2.78. The number of benzene rings is 2. The van der Waals surface area contributed by atoms with Gasteiger partial charge in [0.25, 0.3) is 5.91 Å². The van der Waals surface area contributed by atoms with Gasteiger partial charge in [-0.3, -0.25) is 4.79 Å². The Morgan fingerprint density at radius 2 is 1.76 bits per heavy atom. The Hall–Kier alpha value is -4.01. The van der Waals surface area contributed by atoms with Crippen LogP contribution in [0.3, 0.4) is 0 Å². The van der Waals surface area contributed by atoms with E-state index in [1.165, 1.54) is 12.3 Å². The first-order valence-corrected chi connectivity index (χ1v) is 9.97. The predicted molar refractivity (Wildman–Crippen MR) is 121 cm³/mol. The number of amides is 1. The minimum atomic E-state index is -4.67. The molecule has 0 unspecified atom stereocenters. The molecular weight excluding hydrogens is 431 g/mol. The molecule has 1 heterocycles. The number of aryl methyl sites for hydroxylation is 2. The lowest BCUT2D eigenvalue weighted by Gasteiger charge is -2.16. The maximum Gasteiger partial charge on any atom is 0.417 e. The second-order valence-corrected chi connectivity index (χ2v) is 7.19. The van der Waals surface area contributed by atoms with E-state index < -0.39 is 23.2 Å². The Labute approximate surface area is 189 Å². The van der Waals surface area contributed by atoms with Crippen LogP contribution in [0.5, 0.6) is 0 Å². The van der Waals surface area contributed by atoms with Crippen molar-refractivity contribution in [1.29, 1.82) is 5.41 Å². The standard InChI is InChI=1S/C24H22F3N5O/c1-14-21(22(31-15(2)30-14)16-7-5-4-6-8-16)32-23(33)17-9-10-19(24(25,26)27)18(13-17)20(28)11-12-29-3/h4-13,28-29H,1-3H3,(H,32,33)/b12-11-,28-20?. The fourth-order valence-electron chi connectivity index (χ4n) is 3.26. The van der Waals surface area contributed by atoms with Gasteiger partial charge in [-0.15, -0.1) is 0 Å². The second-order valence-electron chi connectivity index (χ2n) is 7.19. The van der Waals surface area contributed by atoms with Crippen LogP contribution < -0.4 is 10.6 Å². The molecular formula is C24H22F3N5O. The molecule has 0 aliphatic carbocycles. The van der Waals surface area contributed by atoms with E-state index in [0.29, 0.717) is 22.9 Å². The molecule has 170 valence electrons. The van der Waals surface area contributed by atoms with Crippen LogP contribution in [0.15, 0.2) is 60.8 Å². The Morgan fingerprint density at radius 1 is 1.06 bits per heavy atom. The quantitative estimate of drug-likeness (QED) is 0.451. The summed E-state index contributed by atoms with van der Waals surface area (Å²) >= 11 is 0. The molecule has 1 aromatic heterocycles. The number of rotatable bonds is 6. The number of halogens is 3. The fourth-order valence-corrected chi connectivity index (χ4v) is 3.26. The number of hydrogen-bond donors (Lipinski definition) is 3. The van der Waals surface area contributed by atoms with Crippen LogP contribution in [0.1, 0.15) is 33.0 Å². The van der Waals surface area contributed by atoms with Crippen LogP contribution in [0.4, 0.5) is 18.9 Å². The molecule has 0 saturated carbocycles. The van der Waals surface area contributed by atoms with Crippen molar-refractivity contribution in [3.8, 4) is 11.3 Å². The lowest BCUT2D eigenvalue weighted by Crippen LogP contribution is -2.18. The summed E-state index contributed by atoms with van der Waals surface area (Å²) in [4.78, 5) is 21.8. The highest BCUT2D eigenvalue weighted by Crippen LogP contribution is 2.33. The van der Waals surface area contributed by atoms with E-state index in [0.717, 1.165) is 23.8 Å². The van der Waals surface area contributed by atoms with Crippen LogP contribution in [0.2, 0.25) is 0 Å². The average molecular weight is 453 g/mol. The van der Waals surface area contributed by atoms with Crippen molar-refractivity contribution in [2.45, 2.75) is 20.0 Å². The molecule has 2 aromatic carbocycles. The van der Waals surface area contributed by atoms with Gasteiger partial charge in [-0.25, -0.2) is 9.97 Å². The second kappa shape index (κ2) is 9.64. The van der Waals surface area contributed by atoms with Crippen molar-refractivity contribution < 1.29 is 18.0 Å². The molecule has 6 nitrogen and oxygen atoms in total. The third-order valence-electron chi connectivity index (χ3n) is 4.78. The van der Waals surface area contributed by atoms with E-state index >= 15 is 0 Å². The van der Waals surface area contributed by atoms with Gasteiger partial charge in [0.2, 0.25) is 0 Å². The molecule has 0 aliphatic heterocycles. The predicted octanol–water partition coefficient (Wildman–Crippen LogP) is 5.13. The molecule has 0 saturated heterocycles. The number of alkyl halides is 3. The molecule has 0 aliphatic rings. The van der Waals surface area contributed by atoms with Gasteiger partial charge in [0.15, 0.2) is 0 Å². The third kappa shape index (κ3) is 5.43. The molecule has 9 heteroatoms. The van der Waals surface area contributed by atoms with E-state index in [-0.39, 0.29) is 11.3 Å². The summed E-state index contributed by atoms with van der Waals surface area (Å²) in [5.74, 6) is -0.117. The number of aromatic nitrogens is 2. The van der Waals surface area contributed by atoms with Gasteiger partial charge in [-0.05, 0) is 44.3 Å². The van der Waals surface area contributed by atoms with Crippen molar-refractivity contribution in [2.75, 3.05) is 12.4 Å². The Bertz CT molecular complexity index is 1220. The molecule has 0 spiro atoms. The van der Waals surface area contributed by atoms with Crippen molar-refractivity contribution in [2.24, 2.45) is 0 Å². The Balaban J connectivity index is 2.04. The highest BCUT2D eigenvalue weighted by atomic mass is 19.4. The minimum absolute atomic E-state index is 0.0282. The van der Waals surface area contributed by atoms with E-state index in [1.807, 2.05) is 30.3 Å². The highest BCUT2D eigenvalue weighted by Gasteiger charge is 2.34. The van der Waals surface area contributed by atoms with Crippen LogP contribution in [-0.2, 0) is 6.18 Å². The molecule has 1 amide bonds. The smallest absolute Gasteiger partial charge is 0.394 e. The first kappa shape index (κ1) is 23.6. The maximum atomic E-state index is 13.5. The fraction of sp³-hybridized carbons (Fsp3) is 0.167. The molecule has 33 heavy (non-hydrogen) atoms. The van der Waals surface area contributed by atoms with Crippen LogP contribution in [0.25, 0.3) is 11.3 Å². The molecule has 0 atom stereocenters. The van der Waals surface area contributed by atoms with Gasteiger partial charge >= 0.3 is 6.18 Å². The Kier molecular flexibility index (Phi) is 6.91. The number of allylic oxidation sites excluding steroid dienone is 1. The molecule has 3 N–H and O–H groups in total. The first-order valence-electron chi connectivity index (χ1n) is 9.97. The van der Waals surface area contributed by atoms with Crippen molar-refractivity contribution in [3.63, 3.8) is 0 Å². The highest BCUT2D eigenvalue weighted by molar-refractivity contribution is 6.11. The largest absolute Gasteiger partial charge is 0.417 e. The molecule has 0 radical (unpaired) electrons. The van der Waals surface area contributed by atoms with E-state index in [1.54, 1.807) is 20.9 Å². The van der Waals surface area contributed by atoms with Crippen molar-refractivity contribution in [3.05, 3.63) is 89.0 Å². The Morgan fingerprint density at radius 3 is 2.39 bits per heavy atom. The number of nitrogens with zero attached hydrogens (tertiary/aromatic N) is 2. The summed E-state index contributed by atoms with van der Waals surface area (Å²) in [6.07, 6.45) is -2.14. The van der Waals surface area contributed by atoms with E-state index in [2.05, 4.69) is 20.6 Å². The van der Waals surface area contributed by atoms with E-state index in [4.69, 9.17) is 5.41 Å². The zero-order valence-electron chi connectivity index (χ0n) is 18.2. The SMILES string of the molecule is CN/C=C\C(=N)c1cc(C(=O)Nc2c(C)nc(C)nc2-c2ccccc2)ccc1C(F)(F)F. The summed E-state index contributed by atoms with van der Waals surface area (Å²) in [5, 5.41) is 13.4. The number of carbonyl (C=O) groups is 1. The number of anilines is 1. The first-order chi connectivity index (χ1) is 15.6. The maximum absolute atomic E-state index is 13.5. The van der Waals surface area contributed by atoms with Crippen molar-refractivity contribution in [1.82, 2.24) is 15.3 Å². The summed E-state index contributed by atoms with van der Waals surface area (Å²) in [6.45, 7) is 3.45. The summed E-state index contributed by atoms with van der Waals surface area (Å²) < 4.78 is 40.5. The van der Waals surface area contributed by atoms with Crippen LogP contribution in [-0.4, -0.2) is 28.6 Å². The number of carbonyl (C=O) groups excluding carboxylic acids is 1. The summed E-state index contributed by atoms with van der Waals surface area (Å²) in [5.41, 5.74) is 0.339. The van der Waals surface area contributed by atoms with Crippen molar-refractivity contribution >= 4 is 17.3 Å². The third-order valence-corrected chi connectivity index (χ3v) is 4.78. The lowest BCUT2D eigenvalue weighted by molar-refractivity contribution is -0.137. The van der Waals surface area contributed by atoms with Gasteiger partial charge in [0.05, 0.1) is 28.4 Å². The summed E-state index contributed by atoms with van der Waals surface area (Å²) in [7, 11) is 1.56. The molecule has 3 rings (SSSR count). The number of nitrogens with one attached hydrogen (secondary N) is 3. The molecule has 0 fully saturated rings. The van der Waals surface area contributed by atoms with E-state index in [9.17, 15) is 18.0 Å². The molecule has 0 bridgehead atoms. The zero-order valence-corrected chi connectivity index (χ0v) is 18.2.